The van der Waals surface area contributed by atoms with Crippen LogP contribution in [0, 0.1) is 5.92 Å². The molecule has 0 saturated heterocycles. The highest BCUT2D eigenvalue weighted by molar-refractivity contribution is 6.31. The fraction of sp³-hybridized carbons (Fsp3) is 0.522. The van der Waals surface area contributed by atoms with Gasteiger partial charge in [-0.1, -0.05) is 36.2 Å². The van der Waals surface area contributed by atoms with E-state index in [-0.39, 0.29) is 17.9 Å². The summed E-state index contributed by atoms with van der Waals surface area (Å²) in [6.07, 6.45) is 7.26. The summed E-state index contributed by atoms with van der Waals surface area (Å²) >= 11 is 6.52. The van der Waals surface area contributed by atoms with Crippen molar-refractivity contribution in [1.29, 1.82) is 0 Å². The molecule has 0 bridgehead atoms. The third-order valence-electron chi connectivity index (χ3n) is 6.16. The number of esters is 1. The summed E-state index contributed by atoms with van der Waals surface area (Å²) in [4.78, 5) is 30.8. The summed E-state index contributed by atoms with van der Waals surface area (Å²) in [6.45, 7) is 1.87. The molecule has 2 aliphatic carbocycles. The monoisotopic (exact) mass is 399 g/mol. The predicted octanol–water partition coefficient (Wildman–Crippen LogP) is 5.40. The van der Waals surface area contributed by atoms with E-state index in [4.69, 9.17) is 16.3 Å². The normalized spacial score (nSPS) is 25.9. The van der Waals surface area contributed by atoms with E-state index in [1.165, 1.54) is 6.42 Å². The Labute approximate surface area is 171 Å². The molecule has 28 heavy (non-hydrogen) atoms. The van der Waals surface area contributed by atoms with Crippen LogP contribution in [0.5, 0.6) is 0 Å². The molecule has 1 fully saturated rings. The Balaban J connectivity index is 1.74. The minimum Gasteiger partial charge on any atom is -0.462 e. The van der Waals surface area contributed by atoms with E-state index in [0.29, 0.717) is 17.0 Å². The second-order valence-corrected chi connectivity index (χ2v) is 8.47. The van der Waals surface area contributed by atoms with Gasteiger partial charge in [0.05, 0.1) is 0 Å². The van der Waals surface area contributed by atoms with Gasteiger partial charge in [-0.2, -0.15) is 0 Å². The molecule has 2 atom stereocenters. The third kappa shape index (κ3) is 3.67. The van der Waals surface area contributed by atoms with Gasteiger partial charge in [0.15, 0.2) is 5.78 Å². The number of aliphatic imine (C=N–C) groups is 1. The van der Waals surface area contributed by atoms with Crippen molar-refractivity contribution in [1.82, 2.24) is 0 Å². The van der Waals surface area contributed by atoms with Gasteiger partial charge in [-0.05, 0) is 57.1 Å². The van der Waals surface area contributed by atoms with Crippen LogP contribution in [0.15, 0.2) is 40.5 Å². The summed E-state index contributed by atoms with van der Waals surface area (Å²) < 4.78 is 5.91. The Kier molecular flexibility index (Phi) is 5.68. The smallest absolute Gasteiger partial charge is 0.315 e. The van der Waals surface area contributed by atoms with E-state index in [1.54, 1.807) is 0 Å². The maximum absolute atomic E-state index is 13.3. The molecule has 1 aromatic rings. The SMILES string of the molecule is CC1=NC2=C(C(=O)CCC2)[C@@H](c2ccccc2Cl)C1C(=O)OC1CCCCC1. The largest absolute Gasteiger partial charge is 0.462 e. The van der Waals surface area contributed by atoms with Crippen LogP contribution in [-0.2, 0) is 14.3 Å². The molecule has 1 unspecified atom stereocenters. The van der Waals surface area contributed by atoms with Crippen molar-refractivity contribution >= 4 is 29.1 Å². The molecule has 0 N–H and O–H groups in total. The zero-order valence-electron chi connectivity index (χ0n) is 16.2. The van der Waals surface area contributed by atoms with Gasteiger partial charge in [-0.25, -0.2) is 0 Å². The summed E-state index contributed by atoms with van der Waals surface area (Å²) in [5.74, 6) is -1.20. The number of carbonyl (C=O) groups excluding carboxylic acids is 2. The summed E-state index contributed by atoms with van der Waals surface area (Å²) in [5, 5.41) is 0.572. The Morgan fingerprint density at radius 3 is 2.61 bits per heavy atom. The van der Waals surface area contributed by atoms with E-state index < -0.39 is 11.8 Å². The molecule has 4 nitrogen and oxygen atoms in total. The fourth-order valence-corrected chi connectivity index (χ4v) is 5.05. The number of ether oxygens (including phenoxy) is 1. The maximum Gasteiger partial charge on any atom is 0.315 e. The Bertz CT molecular complexity index is 851. The molecule has 5 heteroatoms. The Morgan fingerprint density at radius 2 is 1.86 bits per heavy atom. The van der Waals surface area contributed by atoms with Crippen LogP contribution in [0.2, 0.25) is 5.02 Å². The number of allylic oxidation sites excluding steroid dienone is 2. The minimum atomic E-state index is -0.595. The Morgan fingerprint density at radius 1 is 1.11 bits per heavy atom. The molecule has 1 aromatic carbocycles. The maximum atomic E-state index is 13.3. The average molecular weight is 400 g/mol. The lowest BCUT2D eigenvalue weighted by Gasteiger charge is -2.35. The van der Waals surface area contributed by atoms with Crippen LogP contribution in [0.4, 0.5) is 0 Å². The van der Waals surface area contributed by atoms with Crippen molar-refractivity contribution in [3.8, 4) is 0 Å². The number of rotatable bonds is 3. The van der Waals surface area contributed by atoms with Crippen LogP contribution < -0.4 is 0 Å². The predicted molar refractivity (Wildman–Crippen MR) is 110 cm³/mol. The van der Waals surface area contributed by atoms with Gasteiger partial charge in [0.1, 0.15) is 12.0 Å². The molecule has 0 radical (unpaired) electrons. The van der Waals surface area contributed by atoms with Gasteiger partial charge >= 0.3 is 5.97 Å². The van der Waals surface area contributed by atoms with Gasteiger partial charge in [0.2, 0.25) is 0 Å². The van der Waals surface area contributed by atoms with E-state index >= 15 is 0 Å². The van der Waals surface area contributed by atoms with E-state index in [1.807, 2.05) is 31.2 Å². The first-order valence-corrected chi connectivity index (χ1v) is 10.7. The fourth-order valence-electron chi connectivity index (χ4n) is 4.80. The molecule has 0 aromatic heterocycles. The summed E-state index contributed by atoms with van der Waals surface area (Å²) in [7, 11) is 0. The molecule has 1 aliphatic heterocycles. The van der Waals surface area contributed by atoms with Gasteiger partial charge in [0, 0.05) is 34.3 Å². The van der Waals surface area contributed by atoms with Crippen LogP contribution in [0.1, 0.15) is 69.8 Å². The van der Waals surface area contributed by atoms with Gasteiger partial charge in [0.25, 0.3) is 0 Å². The second kappa shape index (κ2) is 8.20. The van der Waals surface area contributed by atoms with E-state index in [2.05, 4.69) is 4.99 Å². The van der Waals surface area contributed by atoms with Crippen molar-refractivity contribution in [2.75, 3.05) is 0 Å². The third-order valence-corrected chi connectivity index (χ3v) is 6.51. The molecule has 148 valence electrons. The zero-order chi connectivity index (χ0) is 19.7. The molecular formula is C23H26ClNO3. The highest BCUT2D eigenvalue weighted by Crippen LogP contribution is 2.45. The molecule has 1 heterocycles. The lowest BCUT2D eigenvalue weighted by atomic mass is 9.71. The average Bonchev–Trinajstić information content (AvgIpc) is 2.68. The highest BCUT2D eigenvalue weighted by atomic mass is 35.5. The number of hydrogen-bond donors (Lipinski definition) is 0. The van der Waals surface area contributed by atoms with Crippen LogP contribution >= 0.6 is 11.6 Å². The number of ketones is 1. The topological polar surface area (TPSA) is 55.7 Å². The van der Waals surface area contributed by atoms with Gasteiger partial charge in [-0.3, -0.25) is 14.6 Å². The van der Waals surface area contributed by atoms with Crippen LogP contribution in [0.3, 0.4) is 0 Å². The number of Topliss-reactive ketones (excluding diaryl/α,β-unsaturated/α-hetero) is 1. The van der Waals surface area contributed by atoms with Crippen molar-refractivity contribution in [3.05, 3.63) is 46.1 Å². The highest BCUT2D eigenvalue weighted by Gasteiger charge is 2.44. The van der Waals surface area contributed by atoms with Crippen molar-refractivity contribution in [2.45, 2.75) is 70.3 Å². The second-order valence-electron chi connectivity index (χ2n) is 8.06. The number of benzene rings is 1. The minimum absolute atomic E-state index is 0.0293. The van der Waals surface area contributed by atoms with Crippen molar-refractivity contribution in [2.24, 2.45) is 10.9 Å². The standard InChI is InChI=1S/C23H26ClNO3/c1-14-20(23(27)28-15-8-3-2-4-9-15)21(16-10-5-6-11-17(16)24)22-18(25-14)12-7-13-19(22)26/h5-6,10-11,15,20-21H,2-4,7-9,12-13H2,1H3/t20?,21-/m0/s1. The molecule has 0 spiro atoms. The first-order chi connectivity index (χ1) is 13.6. The molecule has 4 rings (SSSR count). The molecular weight excluding hydrogens is 374 g/mol. The summed E-state index contributed by atoms with van der Waals surface area (Å²) in [5.41, 5.74) is 3.02. The van der Waals surface area contributed by atoms with E-state index in [9.17, 15) is 9.59 Å². The quantitative estimate of drug-likeness (QED) is 0.639. The number of hydrogen-bond acceptors (Lipinski definition) is 4. The number of nitrogens with zero attached hydrogens (tertiary/aromatic N) is 1. The van der Waals surface area contributed by atoms with Crippen LogP contribution in [0.25, 0.3) is 0 Å². The molecule has 1 saturated carbocycles. The number of halogens is 1. The van der Waals surface area contributed by atoms with Crippen molar-refractivity contribution < 1.29 is 14.3 Å². The molecule has 3 aliphatic rings. The zero-order valence-corrected chi connectivity index (χ0v) is 17.0. The lowest BCUT2D eigenvalue weighted by Crippen LogP contribution is -2.39. The first-order valence-electron chi connectivity index (χ1n) is 10.3. The van der Waals surface area contributed by atoms with Crippen LogP contribution in [-0.4, -0.2) is 23.6 Å². The lowest BCUT2D eigenvalue weighted by molar-refractivity contribution is -0.153. The van der Waals surface area contributed by atoms with Gasteiger partial charge in [-0.15, -0.1) is 0 Å². The van der Waals surface area contributed by atoms with Crippen molar-refractivity contribution in [3.63, 3.8) is 0 Å². The first kappa shape index (κ1) is 19.4. The number of carbonyl (C=O) groups is 2. The van der Waals surface area contributed by atoms with E-state index in [0.717, 1.165) is 55.5 Å². The summed E-state index contributed by atoms with van der Waals surface area (Å²) in [6, 6.07) is 7.50. The molecule has 0 amide bonds. The van der Waals surface area contributed by atoms with Gasteiger partial charge < -0.3 is 4.74 Å². The Hall–Kier alpha value is -1.94.